The summed E-state index contributed by atoms with van der Waals surface area (Å²) in [5.41, 5.74) is 1.16. The molecular formula is C19H16FN3O4. The number of aromatic amines is 1. The van der Waals surface area contributed by atoms with Gasteiger partial charge in [0.1, 0.15) is 22.9 Å². The largest absolute Gasteiger partial charge is 0.497 e. The zero-order valence-corrected chi connectivity index (χ0v) is 14.3. The molecule has 1 heterocycles. The first-order valence-electron chi connectivity index (χ1n) is 7.98. The van der Waals surface area contributed by atoms with Crippen molar-refractivity contribution in [2.24, 2.45) is 0 Å². The summed E-state index contributed by atoms with van der Waals surface area (Å²) < 4.78 is 18.3. The van der Waals surface area contributed by atoms with E-state index >= 15 is 0 Å². The second-order valence-corrected chi connectivity index (χ2v) is 5.71. The van der Waals surface area contributed by atoms with Crippen molar-refractivity contribution < 1.29 is 23.8 Å². The Hall–Kier alpha value is -3.68. The molecule has 0 unspecified atom stereocenters. The van der Waals surface area contributed by atoms with Crippen molar-refractivity contribution in [2.45, 2.75) is 6.42 Å². The molecule has 0 aliphatic rings. The van der Waals surface area contributed by atoms with Crippen molar-refractivity contribution in [1.29, 1.82) is 0 Å². The number of amides is 1. The summed E-state index contributed by atoms with van der Waals surface area (Å²) >= 11 is 0. The number of carboxylic acids is 1. The molecule has 8 heteroatoms. The van der Waals surface area contributed by atoms with Crippen LogP contribution in [-0.4, -0.2) is 34.3 Å². The Kier molecular flexibility index (Phi) is 5.16. The highest BCUT2D eigenvalue weighted by Gasteiger charge is 2.22. The van der Waals surface area contributed by atoms with Crippen LogP contribution < -0.4 is 10.1 Å². The van der Waals surface area contributed by atoms with Crippen LogP contribution in [0.1, 0.15) is 16.1 Å². The van der Waals surface area contributed by atoms with Crippen molar-refractivity contribution in [1.82, 2.24) is 10.2 Å². The van der Waals surface area contributed by atoms with Gasteiger partial charge in [0.05, 0.1) is 13.5 Å². The lowest BCUT2D eigenvalue weighted by atomic mass is 10.1. The number of carbonyl (C=O) groups excluding carboxylic acids is 1. The molecule has 0 saturated carbocycles. The monoisotopic (exact) mass is 369 g/mol. The van der Waals surface area contributed by atoms with Gasteiger partial charge in [-0.15, -0.1) is 0 Å². The van der Waals surface area contributed by atoms with Gasteiger partial charge in [0, 0.05) is 5.56 Å². The van der Waals surface area contributed by atoms with Gasteiger partial charge >= 0.3 is 5.97 Å². The maximum atomic E-state index is 13.1. The van der Waals surface area contributed by atoms with Crippen LogP contribution in [-0.2, 0) is 11.2 Å². The molecule has 0 radical (unpaired) electrons. The molecule has 3 aromatic rings. The molecule has 1 amide bonds. The van der Waals surface area contributed by atoms with Crippen LogP contribution in [0.4, 0.5) is 10.1 Å². The zero-order chi connectivity index (χ0) is 19.4. The SMILES string of the molecule is COc1cccc(CC(=O)Nc2c(-c3ccc(F)cc3)n[nH]c2C(=O)O)c1. The highest BCUT2D eigenvalue weighted by molar-refractivity contribution is 6.03. The molecule has 138 valence electrons. The second kappa shape index (κ2) is 7.69. The van der Waals surface area contributed by atoms with E-state index in [0.717, 1.165) is 0 Å². The zero-order valence-electron chi connectivity index (χ0n) is 14.3. The Labute approximate surface area is 153 Å². The van der Waals surface area contributed by atoms with Crippen LogP contribution in [0.2, 0.25) is 0 Å². The van der Waals surface area contributed by atoms with E-state index < -0.39 is 17.7 Å². The van der Waals surface area contributed by atoms with Crippen LogP contribution in [0.15, 0.2) is 48.5 Å². The number of methoxy groups -OCH3 is 1. The first kappa shape index (κ1) is 18.1. The fourth-order valence-electron chi connectivity index (χ4n) is 2.59. The molecule has 27 heavy (non-hydrogen) atoms. The van der Waals surface area contributed by atoms with Crippen LogP contribution in [0.5, 0.6) is 5.75 Å². The number of aromatic nitrogens is 2. The Bertz CT molecular complexity index is 983. The molecule has 0 spiro atoms. The maximum Gasteiger partial charge on any atom is 0.356 e. The molecule has 0 atom stereocenters. The molecule has 0 aliphatic heterocycles. The minimum absolute atomic E-state index is 0.0182. The van der Waals surface area contributed by atoms with Gasteiger partial charge in [-0.3, -0.25) is 9.89 Å². The van der Waals surface area contributed by atoms with Gasteiger partial charge in [0.2, 0.25) is 5.91 Å². The van der Waals surface area contributed by atoms with Crippen molar-refractivity contribution in [2.75, 3.05) is 12.4 Å². The molecule has 0 fully saturated rings. The number of rotatable bonds is 6. The molecule has 2 aromatic carbocycles. The lowest BCUT2D eigenvalue weighted by Gasteiger charge is -2.08. The minimum atomic E-state index is -1.27. The van der Waals surface area contributed by atoms with Gasteiger partial charge in [-0.2, -0.15) is 5.10 Å². The quantitative estimate of drug-likeness (QED) is 0.619. The van der Waals surface area contributed by atoms with E-state index in [4.69, 9.17) is 4.74 Å². The lowest BCUT2D eigenvalue weighted by Crippen LogP contribution is -2.16. The summed E-state index contributed by atoms with van der Waals surface area (Å²) in [6, 6.07) is 12.4. The van der Waals surface area contributed by atoms with E-state index in [9.17, 15) is 19.1 Å². The molecule has 0 bridgehead atoms. The summed E-state index contributed by atoms with van der Waals surface area (Å²) in [5.74, 6) is -1.51. The fraction of sp³-hybridized carbons (Fsp3) is 0.105. The normalized spacial score (nSPS) is 10.4. The van der Waals surface area contributed by atoms with Gasteiger partial charge in [-0.1, -0.05) is 12.1 Å². The number of carboxylic acid groups (broad SMARTS) is 1. The van der Waals surface area contributed by atoms with E-state index in [0.29, 0.717) is 16.9 Å². The Morgan fingerprint density at radius 3 is 2.63 bits per heavy atom. The molecule has 0 aliphatic carbocycles. The third-order valence-electron chi connectivity index (χ3n) is 3.86. The number of anilines is 1. The van der Waals surface area contributed by atoms with Crippen molar-refractivity contribution >= 4 is 17.6 Å². The van der Waals surface area contributed by atoms with E-state index in [1.807, 2.05) is 0 Å². The molecule has 3 rings (SSSR count). The molecule has 7 nitrogen and oxygen atoms in total. The first-order valence-corrected chi connectivity index (χ1v) is 7.98. The standard InChI is InChI=1S/C19H16FN3O4/c1-27-14-4-2-3-11(9-14)10-15(24)21-17-16(22-23-18(17)19(25)26)12-5-7-13(20)8-6-12/h2-9H,10H2,1H3,(H,21,24)(H,22,23)(H,25,26). The number of aromatic carboxylic acids is 1. The average molecular weight is 369 g/mol. The summed E-state index contributed by atoms with van der Waals surface area (Å²) in [7, 11) is 1.53. The second-order valence-electron chi connectivity index (χ2n) is 5.71. The number of hydrogen-bond acceptors (Lipinski definition) is 4. The number of nitrogens with one attached hydrogen (secondary N) is 2. The average Bonchev–Trinajstić information content (AvgIpc) is 3.06. The van der Waals surface area contributed by atoms with Crippen LogP contribution >= 0.6 is 0 Å². The summed E-state index contributed by atoms with van der Waals surface area (Å²) in [6.07, 6.45) is 0.0182. The molecule has 3 N–H and O–H groups in total. The predicted molar refractivity (Wildman–Crippen MR) is 96.3 cm³/mol. The summed E-state index contributed by atoms with van der Waals surface area (Å²) in [5, 5.41) is 18.3. The number of halogens is 1. The van der Waals surface area contributed by atoms with Crippen LogP contribution in [0.25, 0.3) is 11.3 Å². The highest BCUT2D eigenvalue weighted by atomic mass is 19.1. The Morgan fingerprint density at radius 2 is 1.96 bits per heavy atom. The van der Waals surface area contributed by atoms with E-state index in [1.165, 1.54) is 31.4 Å². The van der Waals surface area contributed by atoms with Gasteiger partial charge in [-0.05, 0) is 42.0 Å². The van der Waals surface area contributed by atoms with Gasteiger partial charge in [0.25, 0.3) is 0 Å². The van der Waals surface area contributed by atoms with Gasteiger partial charge in [0.15, 0.2) is 5.69 Å². The number of carbonyl (C=O) groups is 2. The lowest BCUT2D eigenvalue weighted by molar-refractivity contribution is -0.115. The van der Waals surface area contributed by atoms with Crippen molar-refractivity contribution in [3.8, 4) is 17.0 Å². The predicted octanol–water partition coefficient (Wildman–Crippen LogP) is 3.10. The third kappa shape index (κ3) is 4.12. The number of ether oxygens (including phenoxy) is 1. The van der Waals surface area contributed by atoms with Gasteiger partial charge in [-0.25, -0.2) is 9.18 Å². The van der Waals surface area contributed by atoms with Gasteiger partial charge < -0.3 is 15.2 Å². The fourth-order valence-corrected chi connectivity index (χ4v) is 2.59. The molecule has 1 aromatic heterocycles. The third-order valence-corrected chi connectivity index (χ3v) is 3.86. The Balaban J connectivity index is 1.88. The maximum absolute atomic E-state index is 13.1. The molecule has 0 saturated heterocycles. The van der Waals surface area contributed by atoms with Crippen LogP contribution in [0.3, 0.4) is 0 Å². The minimum Gasteiger partial charge on any atom is -0.497 e. The van der Waals surface area contributed by atoms with E-state index in [-0.39, 0.29) is 23.5 Å². The molecular weight excluding hydrogens is 353 g/mol. The topological polar surface area (TPSA) is 104 Å². The van der Waals surface area contributed by atoms with E-state index in [2.05, 4.69) is 15.5 Å². The number of nitrogens with zero attached hydrogens (tertiary/aromatic N) is 1. The summed E-state index contributed by atoms with van der Waals surface area (Å²) in [4.78, 5) is 23.9. The number of H-pyrrole nitrogens is 1. The first-order chi connectivity index (χ1) is 13.0. The van der Waals surface area contributed by atoms with Crippen molar-refractivity contribution in [3.05, 3.63) is 65.6 Å². The summed E-state index contributed by atoms with van der Waals surface area (Å²) in [6.45, 7) is 0. The van der Waals surface area contributed by atoms with Crippen molar-refractivity contribution in [3.63, 3.8) is 0 Å². The highest BCUT2D eigenvalue weighted by Crippen LogP contribution is 2.29. The number of benzene rings is 2. The number of hydrogen-bond donors (Lipinski definition) is 3. The van der Waals surface area contributed by atoms with E-state index in [1.54, 1.807) is 24.3 Å². The smallest absolute Gasteiger partial charge is 0.356 e. The van der Waals surface area contributed by atoms with Crippen LogP contribution in [0, 0.1) is 5.82 Å². The Morgan fingerprint density at radius 1 is 1.22 bits per heavy atom.